The SMILES string of the molecule is O=C(CC1CCOc2ccccc21)NCc1ccccc1Cl. The van der Waals surface area contributed by atoms with Crippen molar-refractivity contribution in [1.82, 2.24) is 5.32 Å². The number of fused-ring (bicyclic) bond motifs is 1. The second-order valence-electron chi connectivity index (χ2n) is 5.44. The molecule has 0 saturated heterocycles. The van der Waals surface area contributed by atoms with E-state index >= 15 is 0 Å². The zero-order chi connectivity index (χ0) is 15.4. The number of hydrogen-bond donors (Lipinski definition) is 1. The molecule has 0 saturated carbocycles. The lowest BCUT2D eigenvalue weighted by Gasteiger charge is -2.25. The van der Waals surface area contributed by atoms with Crippen LogP contribution in [0.5, 0.6) is 5.75 Å². The zero-order valence-electron chi connectivity index (χ0n) is 12.2. The Balaban J connectivity index is 1.60. The molecular weight excluding hydrogens is 298 g/mol. The van der Waals surface area contributed by atoms with Gasteiger partial charge in [-0.15, -0.1) is 0 Å². The van der Waals surface area contributed by atoms with E-state index in [-0.39, 0.29) is 11.8 Å². The van der Waals surface area contributed by atoms with Gasteiger partial charge in [0.1, 0.15) is 5.75 Å². The summed E-state index contributed by atoms with van der Waals surface area (Å²) in [7, 11) is 0. The van der Waals surface area contributed by atoms with Gasteiger partial charge in [0, 0.05) is 18.0 Å². The Morgan fingerprint density at radius 3 is 2.82 bits per heavy atom. The monoisotopic (exact) mass is 315 g/mol. The Morgan fingerprint density at radius 2 is 1.95 bits per heavy atom. The van der Waals surface area contributed by atoms with Gasteiger partial charge in [0.15, 0.2) is 0 Å². The molecule has 0 fully saturated rings. The van der Waals surface area contributed by atoms with Gasteiger partial charge in [-0.25, -0.2) is 0 Å². The van der Waals surface area contributed by atoms with Gasteiger partial charge in [-0.1, -0.05) is 48.0 Å². The third-order valence-corrected chi connectivity index (χ3v) is 4.32. The first-order chi connectivity index (χ1) is 10.7. The summed E-state index contributed by atoms with van der Waals surface area (Å²) in [4.78, 5) is 12.2. The van der Waals surface area contributed by atoms with Crippen molar-refractivity contribution in [2.24, 2.45) is 0 Å². The van der Waals surface area contributed by atoms with Crippen molar-refractivity contribution in [3.05, 3.63) is 64.7 Å². The van der Waals surface area contributed by atoms with Crippen LogP contribution in [0.4, 0.5) is 0 Å². The molecule has 2 aromatic carbocycles. The first-order valence-electron chi connectivity index (χ1n) is 7.46. The fraction of sp³-hybridized carbons (Fsp3) is 0.278. The summed E-state index contributed by atoms with van der Waals surface area (Å²) in [5, 5.41) is 3.63. The normalized spacial score (nSPS) is 16.5. The molecule has 3 rings (SSSR count). The third kappa shape index (κ3) is 3.42. The lowest BCUT2D eigenvalue weighted by atomic mass is 9.90. The topological polar surface area (TPSA) is 38.3 Å². The predicted molar refractivity (Wildman–Crippen MR) is 87.2 cm³/mol. The van der Waals surface area contributed by atoms with Crippen LogP contribution in [-0.2, 0) is 11.3 Å². The molecule has 1 unspecified atom stereocenters. The Bertz CT molecular complexity index is 672. The number of carbonyl (C=O) groups is 1. The number of rotatable bonds is 4. The van der Waals surface area contributed by atoms with E-state index < -0.39 is 0 Å². The molecule has 0 aliphatic carbocycles. The highest BCUT2D eigenvalue weighted by molar-refractivity contribution is 6.31. The van der Waals surface area contributed by atoms with Crippen molar-refractivity contribution in [3.63, 3.8) is 0 Å². The largest absolute Gasteiger partial charge is 0.493 e. The van der Waals surface area contributed by atoms with E-state index in [4.69, 9.17) is 16.3 Å². The summed E-state index contributed by atoms with van der Waals surface area (Å²) in [6.45, 7) is 1.13. The van der Waals surface area contributed by atoms with E-state index in [1.54, 1.807) is 0 Å². The van der Waals surface area contributed by atoms with Crippen LogP contribution in [-0.4, -0.2) is 12.5 Å². The van der Waals surface area contributed by atoms with Gasteiger partial charge in [-0.2, -0.15) is 0 Å². The number of benzene rings is 2. The molecule has 1 atom stereocenters. The van der Waals surface area contributed by atoms with Crippen molar-refractivity contribution < 1.29 is 9.53 Å². The van der Waals surface area contributed by atoms with Gasteiger partial charge in [0.2, 0.25) is 5.91 Å². The molecule has 1 aliphatic rings. The molecule has 0 aromatic heterocycles. The molecule has 0 spiro atoms. The number of ether oxygens (including phenoxy) is 1. The Hall–Kier alpha value is -2.00. The summed E-state index contributed by atoms with van der Waals surface area (Å²) >= 11 is 6.10. The molecule has 1 amide bonds. The van der Waals surface area contributed by atoms with Gasteiger partial charge >= 0.3 is 0 Å². The molecule has 1 aliphatic heterocycles. The molecule has 114 valence electrons. The minimum Gasteiger partial charge on any atom is -0.493 e. The molecule has 4 heteroatoms. The van der Waals surface area contributed by atoms with Crippen LogP contribution in [0, 0.1) is 0 Å². The Morgan fingerprint density at radius 1 is 1.18 bits per heavy atom. The highest BCUT2D eigenvalue weighted by Gasteiger charge is 2.23. The number of para-hydroxylation sites is 1. The third-order valence-electron chi connectivity index (χ3n) is 3.95. The van der Waals surface area contributed by atoms with Gasteiger partial charge in [-0.3, -0.25) is 4.79 Å². The van der Waals surface area contributed by atoms with E-state index in [2.05, 4.69) is 5.32 Å². The second-order valence-corrected chi connectivity index (χ2v) is 5.85. The molecule has 22 heavy (non-hydrogen) atoms. The van der Waals surface area contributed by atoms with E-state index in [0.717, 1.165) is 23.3 Å². The molecule has 3 nitrogen and oxygen atoms in total. The van der Waals surface area contributed by atoms with Crippen molar-refractivity contribution in [2.45, 2.75) is 25.3 Å². The average molecular weight is 316 g/mol. The maximum atomic E-state index is 12.2. The van der Waals surface area contributed by atoms with Crippen molar-refractivity contribution in [2.75, 3.05) is 6.61 Å². The van der Waals surface area contributed by atoms with E-state index in [1.165, 1.54) is 0 Å². The van der Waals surface area contributed by atoms with Gasteiger partial charge in [-0.05, 0) is 35.6 Å². The molecule has 1 N–H and O–H groups in total. The number of halogens is 1. The zero-order valence-corrected chi connectivity index (χ0v) is 13.0. The second kappa shape index (κ2) is 6.84. The summed E-state index contributed by atoms with van der Waals surface area (Å²) in [5.41, 5.74) is 2.06. The number of amides is 1. The smallest absolute Gasteiger partial charge is 0.220 e. The van der Waals surface area contributed by atoms with E-state index in [9.17, 15) is 4.79 Å². The van der Waals surface area contributed by atoms with Crippen LogP contribution >= 0.6 is 11.6 Å². The van der Waals surface area contributed by atoms with Crippen LogP contribution in [0.1, 0.15) is 29.9 Å². The van der Waals surface area contributed by atoms with Crippen molar-refractivity contribution in [3.8, 4) is 5.75 Å². The summed E-state index contributed by atoms with van der Waals surface area (Å²) in [6.07, 6.45) is 1.35. The minimum absolute atomic E-state index is 0.0432. The average Bonchev–Trinajstić information content (AvgIpc) is 2.54. The van der Waals surface area contributed by atoms with Gasteiger partial charge in [0.05, 0.1) is 6.61 Å². The van der Waals surface area contributed by atoms with Gasteiger partial charge in [0.25, 0.3) is 0 Å². The number of hydrogen-bond acceptors (Lipinski definition) is 2. The highest BCUT2D eigenvalue weighted by atomic mass is 35.5. The van der Waals surface area contributed by atoms with Gasteiger partial charge < -0.3 is 10.1 Å². The molecule has 0 bridgehead atoms. The fourth-order valence-corrected chi connectivity index (χ4v) is 2.96. The lowest BCUT2D eigenvalue weighted by Crippen LogP contribution is -2.26. The first-order valence-corrected chi connectivity index (χ1v) is 7.83. The van der Waals surface area contributed by atoms with Crippen LogP contribution in [0.15, 0.2) is 48.5 Å². The summed E-state index contributed by atoms with van der Waals surface area (Å²) < 4.78 is 5.63. The molecule has 0 radical (unpaired) electrons. The molecule has 1 heterocycles. The molecule has 2 aromatic rings. The minimum atomic E-state index is 0.0432. The van der Waals surface area contributed by atoms with Crippen molar-refractivity contribution in [1.29, 1.82) is 0 Å². The maximum Gasteiger partial charge on any atom is 0.220 e. The highest BCUT2D eigenvalue weighted by Crippen LogP contribution is 2.35. The predicted octanol–water partition coefficient (Wildman–Crippen LogP) is 3.91. The molecular formula is C18H18ClNO2. The Kier molecular flexibility index (Phi) is 4.64. The summed E-state index contributed by atoms with van der Waals surface area (Å²) in [5.74, 6) is 1.16. The summed E-state index contributed by atoms with van der Waals surface area (Å²) in [6, 6.07) is 15.5. The van der Waals surface area contributed by atoms with Crippen LogP contribution < -0.4 is 10.1 Å². The van der Waals surface area contributed by atoms with Crippen LogP contribution in [0.3, 0.4) is 0 Å². The quantitative estimate of drug-likeness (QED) is 0.929. The number of nitrogens with one attached hydrogen (secondary N) is 1. The lowest BCUT2D eigenvalue weighted by molar-refractivity contribution is -0.121. The maximum absolute atomic E-state index is 12.2. The van der Waals surface area contributed by atoms with Crippen LogP contribution in [0.2, 0.25) is 5.02 Å². The Labute approximate surface area is 135 Å². The number of carbonyl (C=O) groups excluding carboxylic acids is 1. The van der Waals surface area contributed by atoms with Crippen molar-refractivity contribution >= 4 is 17.5 Å². The fourth-order valence-electron chi connectivity index (χ4n) is 2.76. The first kappa shape index (κ1) is 14.9. The van der Waals surface area contributed by atoms with E-state index in [1.807, 2.05) is 48.5 Å². The van der Waals surface area contributed by atoms with Crippen LogP contribution in [0.25, 0.3) is 0 Å². The van der Waals surface area contributed by atoms with E-state index in [0.29, 0.717) is 24.6 Å². The standard InChI is InChI=1S/C18H18ClNO2/c19-16-7-3-1-5-14(16)12-20-18(21)11-13-9-10-22-17-8-4-2-6-15(13)17/h1-8,13H,9-12H2,(H,20,21).